The molecule has 1 aliphatic heterocycles. The molecule has 4 amide bonds. The number of pyridine rings is 1. The van der Waals surface area contributed by atoms with Crippen LogP contribution in [-0.2, 0) is 20.9 Å². The molecular formula is C26H29F6N5O6. The molecule has 2 aromatic rings. The Balaban J connectivity index is 0.000000821. The minimum Gasteiger partial charge on any atom is -0.475 e. The maximum absolute atomic E-state index is 13.3. The molecule has 3 N–H and O–H groups in total. The van der Waals surface area contributed by atoms with Gasteiger partial charge in [-0.2, -0.15) is 13.2 Å². The number of hydrogen-bond acceptors (Lipinski definition) is 7. The Hall–Kier alpha value is -4.41. The number of carboxylic acids is 1. The minimum atomic E-state index is -5.08. The third-order valence-corrected chi connectivity index (χ3v) is 5.66. The van der Waals surface area contributed by atoms with Gasteiger partial charge in [-0.15, -0.1) is 13.2 Å². The first-order valence-electron chi connectivity index (χ1n) is 12.3. The molecule has 0 bridgehead atoms. The molecule has 1 saturated heterocycles. The predicted octanol–water partition coefficient (Wildman–Crippen LogP) is 4.69. The number of anilines is 2. The van der Waals surface area contributed by atoms with E-state index in [0.717, 1.165) is 28.7 Å². The largest absolute Gasteiger partial charge is 0.573 e. The summed E-state index contributed by atoms with van der Waals surface area (Å²) in [6.07, 6.45) is -6.98. The van der Waals surface area contributed by atoms with E-state index in [9.17, 15) is 40.7 Å². The van der Waals surface area contributed by atoms with E-state index < -0.39 is 53.2 Å². The molecule has 1 aliphatic rings. The Morgan fingerprint density at radius 3 is 2.05 bits per heavy atom. The summed E-state index contributed by atoms with van der Waals surface area (Å²) in [4.78, 5) is 54.0. The fraction of sp³-hybridized carbons (Fsp3) is 0.423. The van der Waals surface area contributed by atoms with Gasteiger partial charge >= 0.3 is 24.5 Å². The molecule has 1 aromatic carbocycles. The zero-order valence-electron chi connectivity index (χ0n) is 23.6. The van der Waals surface area contributed by atoms with E-state index in [2.05, 4.69) is 20.4 Å². The van der Waals surface area contributed by atoms with E-state index >= 15 is 0 Å². The molecule has 1 fully saturated rings. The molecule has 0 atom stereocenters. The summed E-state index contributed by atoms with van der Waals surface area (Å²) in [6, 6.07) is 5.98. The Labute approximate surface area is 241 Å². The lowest BCUT2D eigenvalue weighted by atomic mass is 10.0. The van der Waals surface area contributed by atoms with E-state index in [4.69, 9.17) is 9.90 Å². The van der Waals surface area contributed by atoms with E-state index in [1.54, 1.807) is 38.4 Å². The van der Waals surface area contributed by atoms with E-state index in [0.29, 0.717) is 0 Å². The average Bonchev–Trinajstić information content (AvgIpc) is 3.02. The van der Waals surface area contributed by atoms with Crippen LogP contribution in [0.3, 0.4) is 0 Å². The van der Waals surface area contributed by atoms with Gasteiger partial charge in [-0.1, -0.05) is 0 Å². The van der Waals surface area contributed by atoms with Gasteiger partial charge in [0.2, 0.25) is 5.91 Å². The van der Waals surface area contributed by atoms with Crippen molar-refractivity contribution in [2.45, 2.75) is 64.8 Å². The van der Waals surface area contributed by atoms with E-state index in [1.165, 1.54) is 4.90 Å². The van der Waals surface area contributed by atoms with Crippen molar-refractivity contribution in [1.82, 2.24) is 15.2 Å². The molecule has 0 radical (unpaired) electrons. The molecule has 0 unspecified atom stereocenters. The number of urea groups is 1. The van der Waals surface area contributed by atoms with Crippen LogP contribution in [0.25, 0.3) is 0 Å². The van der Waals surface area contributed by atoms with Gasteiger partial charge in [0.25, 0.3) is 5.91 Å². The molecule has 0 saturated carbocycles. The number of nitrogens with one attached hydrogen (secondary N) is 2. The second kappa shape index (κ2) is 12.8. The number of imide groups is 1. The van der Waals surface area contributed by atoms with Crippen molar-refractivity contribution in [3.05, 3.63) is 48.3 Å². The number of halogens is 6. The summed E-state index contributed by atoms with van der Waals surface area (Å²) in [5, 5.41) is 12.4. The molecule has 0 aliphatic carbocycles. The number of amides is 4. The Morgan fingerprint density at radius 1 is 1.00 bits per heavy atom. The number of rotatable bonds is 7. The van der Waals surface area contributed by atoms with Gasteiger partial charge in [-0.05, 0) is 70.5 Å². The molecule has 1 aromatic heterocycles. The molecule has 3 rings (SSSR count). The van der Waals surface area contributed by atoms with Crippen LogP contribution < -0.4 is 20.3 Å². The lowest BCUT2D eigenvalue weighted by Crippen LogP contribution is -2.43. The maximum atomic E-state index is 13.3. The van der Waals surface area contributed by atoms with Gasteiger partial charge in [-0.25, -0.2) is 14.5 Å². The number of aromatic nitrogens is 1. The van der Waals surface area contributed by atoms with Crippen LogP contribution in [0.2, 0.25) is 0 Å². The SMILES string of the molecule is CC(C)(C)NCC(=O)Nc1cc(N2C(=O)N(Cc3ccncc3)C(C)(C)C2=O)ccc1OC(F)(F)F.O=C(O)C(F)(F)F. The maximum Gasteiger partial charge on any atom is 0.573 e. The summed E-state index contributed by atoms with van der Waals surface area (Å²) >= 11 is 0. The van der Waals surface area contributed by atoms with Crippen molar-refractivity contribution >= 4 is 35.2 Å². The number of nitrogens with zero attached hydrogens (tertiary/aromatic N) is 3. The normalized spacial score (nSPS) is 15.1. The average molecular weight is 622 g/mol. The molecule has 11 nitrogen and oxygen atoms in total. The van der Waals surface area contributed by atoms with Crippen LogP contribution in [0.5, 0.6) is 5.75 Å². The number of hydrogen-bond donors (Lipinski definition) is 3. The van der Waals surface area contributed by atoms with Crippen molar-refractivity contribution < 1.29 is 55.4 Å². The van der Waals surface area contributed by atoms with Gasteiger partial charge in [-0.3, -0.25) is 14.6 Å². The minimum absolute atomic E-state index is 0.0103. The standard InChI is InChI=1S/C24H28F3N5O4.C2HF3O2/c1-22(2,3)29-13-19(33)30-17-12-16(6-7-18(17)36-24(25,26)27)32-20(34)23(4,5)31(21(32)35)14-15-8-10-28-11-9-15;3-2(4,5)1(6)7/h6-12,29H,13-14H2,1-5H3,(H,30,33);(H,6,7). The van der Waals surface area contributed by atoms with Crippen LogP contribution in [0.1, 0.15) is 40.2 Å². The van der Waals surface area contributed by atoms with Crippen LogP contribution >= 0.6 is 0 Å². The van der Waals surface area contributed by atoms with Crippen LogP contribution in [-0.4, -0.2) is 69.0 Å². The summed E-state index contributed by atoms with van der Waals surface area (Å²) in [6.45, 7) is 8.56. The summed E-state index contributed by atoms with van der Waals surface area (Å²) in [7, 11) is 0. The van der Waals surface area contributed by atoms with Crippen LogP contribution in [0, 0.1) is 0 Å². The van der Waals surface area contributed by atoms with Crippen molar-refractivity contribution in [3.63, 3.8) is 0 Å². The number of carbonyl (C=O) groups is 4. The summed E-state index contributed by atoms with van der Waals surface area (Å²) < 4.78 is 74.7. The smallest absolute Gasteiger partial charge is 0.475 e. The lowest BCUT2D eigenvalue weighted by Gasteiger charge is -2.27. The number of benzene rings is 1. The highest BCUT2D eigenvalue weighted by Gasteiger charge is 2.52. The molecule has 2 heterocycles. The molecule has 17 heteroatoms. The third-order valence-electron chi connectivity index (χ3n) is 5.66. The Morgan fingerprint density at radius 2 is 1.56 bits per heavy atom. The number of aliphatic carboxylic acids is 1. The number of ether oxygens (including phenoxy) is 1. The summed E-state index contributed by atoms with van der Waals surface area (Å²) in [5.41, 5.74) is -1.25. The first-order valence-corrected chi connectivity index (χ1v) is 12.3. The predicted molar refractivity (Wildman–Crippen MR) is 140 cm³/mol. The Bertz CT molecular complexity index is 1340. The van der Waals surface area contributed by atoms with Crippen molar-refractivity contribution in [1.29, 1.82) is 0 Å². The highest BCUT2D eigenvalue weighted by atomic mass is 19.4. The molecule has 236 valence electrons. The van der Waals surface area contributed by atoms with Gasteiger partial charge in [0, 0.05) is 24.5 Å². The van der Waals surface area contributed by atoms with Crippen LogP contribution in [0.15, 0.2) is 42.7 Å². The van der Waals surface area contributed by atoms with E-state index in [1.807, 2.05) is 20.8 Å². The number of carboxylic acid groups (broad SMARTS) is 1. The Kier molecular flexibility index (Phi) is 10.4. The highest BCUT2D eigenvalue weighted by Crippen LogP contribution is 2.38. The van der Waals surface area contributed by atoms with Crippen molar-refractivity contribution in [2.24, 2.45) is 0 Å². The second-order valence-electron chi connectivity index (χ2n) is 10.6. The molecular weight excluding hydrogens is 592 g/mol. The van der Waals surface area contributed by atoms with Gasteiger partial charge < -0.3 is 25.4 Å². The highest BCUT2D eigenvalue weighted by molar-refractivity contribution is 6.23. The van der Waals surface area contributed by atoms with Crippen molar-refractivity contribution in [3.8, 4) is 5.75 Å². The second-order valence-corrected chi connectivity index (χ2v) is 10.6. The molecule has 0 spiro atoms. The fourth-order valence-electron chi connectivity index (χ4n) is 3.51. The first-order chi connectivity index (χ1) is 19.5. The monoisotopic (exact) mass is 621 g/mol. The zero-order valence-corrected chi connectivity index (χ0v) is 23.6. The zero-order chi connectivity index (χ0) is 33.0. The lowest BCUT2D eigenvalue weighted by molar-refractivity contribution is -0.274. The topological polar surface area (TPSA) is 141 Å². The van der Waals surface area contributed by atoms with Gasteiger partial charge in [0.05, 0.1) is 17.9 Å². The van der Waals surface area contributed by atoms with Crippen molar-refractivity contribution in [2.75, 3.05) is 16.8 Å². The fourth-order valence-corrected chi connectivity index (χ4v) is 3.51. The number of carbonyl (C=O) groups excluding carboxylic acids is 3. The molecule has 43 heavy (non-hydrogen) atoms. The van der Waals surface area contributed by atoms with E-state index in [-0.39, 0.29) is 24.5 Å². The summed E-state index contributed by atoms with van der Waals surface area (Å²) in [5.74, 6) is -4.64. The number of alkyl halides is 6. The quantitative estimate of drug-likeness (QED) is 0.299. The third kappa shape index (κ3) is 9.83. The van der Waals surface area contributed by atoms with Crippen LogP contribution in [0.4, 0.5) is 42.5 Å². The van der Waals surface area contributed by atoms with Gasteiger partial charge in [0.1, 0.15) is 5.54 Å². The first kappa shape index (κ1) is 34.8. The van der Waals surface area contributed by atoms with Gasteiger partial charge in [0.15, 0.2) is 5.75 Å².